The molecule has 0 unspecified atom stereocenters. The summed E-state index contributed by atoms with van der Waals surface area (Å²) in [5.74, 6) is 0. The predicted molar refractivity (Wildman–Crippen MR) is 39.7 cm³/mol. The van der Waals surface area contributed by atoms with Crippen LogP contribution in [0.3, 0.4) is 0 Å². The highest BCUT2D eigenvalue weighted by molar-refractivity contribution is 4.63. The van der Waals surface area contributed by atoms with E-state index in [0.29, 0.717) is 13.2 Å². The fraction of sp³-hybridized carbons (Fsp3) is 1.00. The van der Waals surface area contributed by atoms with Crippen LogP contribution in [0.1, 0.15) is 20.3 Å². The molecule has 0 aliphatic carbocycles. The van der Waals surface area contributed by atoms with Gasteiger partial charge in [-0.2, -0.15) is 0 Å². The Bertz CT molecular complexity index is 80.2. The smallest absolute Gasteiger partial charge is 0.128 e. The molecular formula is C7H16FNO. The molecule has 0 aliphatic rings. The third-order valence-corrected chi connectivity index (χ3v) is 0.938. The molecule has 0 fully saturated rings. The molecule has 0 spiro atoms. The van der Waals surface area contributed by atoms with Crippen molar-refractivity contribution in [3.8, 4) is 0 Å². The van der Waals surface area contributed by atoms with Crippen molar-refractivity contribution >= 4 is 0 Å². The molecule has 0 bridgehead atoms. The van der Waals surface area contributed by atoms with Crippen LogP contribution in [0.25, 0.3) is 0 Å². The minimum absolute atomic E-state index is 0.160. The molecule has 0 amide bonds. The lowest BCUT2D eigenvalue weighted by Crippen LogP contribution is -2.21. The molecule has 3 heteroatoms. The molecule has 0 saturated carbocycles. The molecule has 62 valence electrons. The monoisotopic (exact) mass is 149 g/mol. The summed E-state index contributed by atoms with van der Waals surface area (Å²) in [4.78, 5) is 0. The second-order valence-corrected chi connectivity index (χ2v) is 2.91. The Morgan fingerprint density at radius 3 is 2.50 bits per heavy atom. The van der Waals surface area contributed by atoms with Gasteiger partial charge in [-0.05, 0) is 26.8 Å². The standard InChI is InChI=1S/C7H16FNO/c1-7(2,8)6-10-5-3-4-9/h3-6,9H2,1-2H3. The Morgan fingerprint density at radius 1 is 1.50 bits per heavy atom. The number of nitrogens with two attached hydrogens (primary N) is 1. The lowest BCUT2D eigenvalue weighted by Gasteiger charge is -2.13. The van der Waals surface area contributed by atoms with Crippen molar-refractivity contribution in [1.82, 2.24) is 0 Å². The molecule has 0 rings (SSSR count). The normalized spacial score (nSPS) is 12.0. The fourth-order valence-electron chi connectivity index (χ4n) is 0.500. The average molecular weight is 149 g/mol. The predicted octanol–water partition coefficient (Wildman–Crippen LogP) is 1.10. The van der Waals surface area contributed by atoms with E-state index in [1.807, 2.05) is 0 Å². The van der Waals surface area contributed by atoms with Crippen LogP contribution in [0.4, 0.5) is 4.39 Å². The quantitative estimate of drug-likeness (QED) is 0.594. The van der Waals surface area contributed by atoms with E-state index in [0.717, 1.165) is 6.42 Å². The van der Waals surface area contributed by atoms with Crippen molar-refractivity contribution in [1.29, 1.82) is 0 Å². The molecule has 0 aromatic heterocycles. The second kappa shape index (κ2) is 4.63. The summed E-state index contributed by atoms with van der Waals surface area (Å²) < 4.78 is 17.6. The topological polar surface area (TPSA) is 35.2 Å². The Kier molecular flexibility index (Phi) is 4.56. The van der Waals surface area contributed by atoms with Crippen LogP contribution in [-0.2, 0) is 4.74 Å². The average Bonchev–Trinajstić information content (AvgIpc) is 1.78. The first-order valence-corrected chi connectivity index (χ1v) is 3.53. The summed E-state index contributed by atoms with van der Waals surface area (Å²) in [6, 6.07) is 0. The van der Waals surface area contributed by atoms with Gasteiger partial charge in [0, 0.05) is 6.61 Å². The van der Waals surface area contributed by atoms with Gasteiger partial charge in [0.15, 0.2) is 0 Å². The van der Waals surface area contributed by atoms with E-state index in [9.17, 15) is 4.39 Å². The molecule has 0 heterocycles. The van der Waals surface area contributed by atoms with Gasteiger partial charge in [0.2, 0.25) is 0 Å². The largest absolute Gasteiger partial charge is 0.378 e. The molecule has 2 N–H and O–H groups in total. The summed E-state index contributed by atoms with van der Waals surface area (Å²) >= 11 is 0. The molecule has 0 aliphatic heterocycles. The third kappa shape index (κ3) is 7.85. The lowest BCUT2D eigenvalue weighted by molar-refractivity contribution is 0.0364. The summed E-state index contributed by atoms with van der Waals surface area (Å²) in [5, 5.41) is 0. The number of hydrogen-bond acceptors (Lipinski definition) is 2. The van der Waals surface area contributed by atoms with Gasteiger partial charge in [0.25, 0.3) is 0 Å². The molecule has 0 aromatic carbocycles. The van der Waals surface area contributed by atoms with E-state index in [1.54, 1.807) is 0 Å². The van der Waals surface area contributed by atoms with E-state index in [1.165, 1.54) is 13.8 Å². The molecule has 2 nitrogen and oxygen atoms in total. The van der Waals surface area contributed by atoms with Crippen molar-refractivity contribution in [3.63, 3.8) is 0 Å². The highest BCUT2D eigenvalue weighted by atomic mass is 19.1. The maximum atomic E-state index is 12.7. The van der Waals surface area contributed by atoms with E-state index < -0.39 is 5.67 Å². The number of rotatable bonds is 5. The maximum Gasteiger partial charge on any atom is 0.128 e. The summed E-state index contributed by atoms with van der Waals surface area (Å²) in [6.45, 7) is 4.31. The minimum atomic E-state index is -1.21. The van der Waals surface area contributed by atoms with E-state index in [-0.39, 0.29) is 6.61 Å². The van der Waals surface area contributed by atoms with Crippen LogP contribution in [0.2, 0.25) is 0 Å². The highest BCUT2D eigenvalue weighted by Crippen LogP contribution is 2.07. The summed E-state index contributed by atoms with van der Waals surface area (Å²) in [6.07, 6.45) is 0.802. The van der Waals surface area contributed by atoms with Crippen LogP contribution in [-0.4, -0.2) is 25.4 Å². The van der Waals surface area contributed by atoms with Crippen molar-refractivity contribution in [2.75, 3.05) is 19.8 Å². The van der Waals surface area contributed by atoms with Crippen molar-refractivity contribution < 1.29 is 9.13 Å². The molecule has 0 radical (unpaired) electrons. The Balaban J connectivity index is 3.04. The fourth-order valence-corrected chi connectivity index (χ4v) is 0.500. The first-order valence-electron chi connectivity index (χ1n) is 3.53. The molecule has 0 aromatic rings. The third-order valence-electron chi connectivity index (χ3n) is 0.938. The van der Waals surface area contributed by atoms with Gasteiger partial charge in [-0.15, -0.1) is 0 Å². The maximum absolute atomic E-state index is 12.7. The number of halogens is 1. The van der Waals surface area contributed by atoms with Gasteiger partial charge in [-0.1, -0.05) is 0 Å². The van der Waals surface area contributed by atoms with Crippen LogP contribution < -0.4 is 5.73 Å². The molecule has 10 heavy (non-hydrogen) atoms. The zero-order valence-corrected chi connectivity index (χ0v) is 6.69. The number of hydrogen-bond donors (Lipinski definition) is 1. The zero-order chi connectivity index (χ0) is 8.04. The van der Waals surface area contributed by atoms with Gasteiger partial charge in [-0.25, -0.2) is 4.39 Å². The Morgan fingerprint density at radius 2 is 2.10 bits per heavy atom. The van der Waals surface area contributed by atoms with Crippen molar-refractivity contribution in [2.45, 2.75) is 25.9 Å². The van der Waals surface area contributed by atoms with E-state index in [2.05, 4.69) is 0 Å². The first-order chi connectivity index (χ1) is 4.56. The van der Waals surface area contributed by atoms with Gasteiger partial charge < -0.3 is 10.5 Å². The summed E-state index contributed by atoms with van der Waals surface area (Å²) in [7, 11) is 0. The SMILES string of the molecule is CC(C)(F)COCCCN. The highest BCUT2D eigenvalue weighted by Gasteiger charge is 2.14. The van der Waals surface area contributed by atoms with Crippen LogP contribution in [0.15, 0.2) is 0 Å². The number of alkyl halides is 1. The van der Waals surface area contributed by atoms with Crippen LogP contribution in [0.5, 0.6) is 0 Å². The molecular weight excluding hydrogens is 133 g/mol. The van der Waals surface area contributed by atoms with E-state index in [4.69, 9.17) is 10.5 Å². The van der Waals surface area contributed by atoms with Gasteiger partial charge in [0.1, 0.15) is 5.67 Å². The lowest BCUT2D eigenvalue weighted by atomic mass is 10.2. The second-order valence-electron chi connectivity index (χ2n) is 2.91. The van der Waals surface area contributed by atoms with Crippen molar-refractivity contribution in [2.24, 2.45) is 5.73 Å². The summed E-state index contributed by atoms with van der Waals surface area (Å²) in [5.41, 5.74) is 3.99. The Labute approximate surface area is 61.5 Å². The van der Waals surface area contributed by atoms with Crippen LogP contribution >= 0.6 is 0 Å². The number of ether oxygens (including phenoxy) is 1. The minimum Gasteiger partial charge on any atom is -0.378 e. The van der Waals surface area contributed by atoms with Crippen molar-refractivity contribution in [3.05, 3.63) is 0 Å². The van der Waals surface area contributed by atoms with Gasteiger partial charge in [0.05, 0.1) is 6.61 Å². The Hall–Kier alpha value is -0.150. The zero-order valence-electron chi connectivity index (χ0n) is 6.69. The van der Waals surface area contributed by atoms with Gasteiger partial charge >= 0.3 is 0 Å². The molecule has 0 saturated heterocycles. The van der Waals surface area contributed by atoms with Gasteiger partial charge in [-0.3, -0.25) is 0 Å². The van der Waals surface area contributed by atoms with E-state index >= 15 is 0 Å². The first kappa shape index (κ1) is 9.85. The molecule has 0 atom stereocenters. The van der Waals surface area contributed by atoms with Crippen LogP contribution in [0, 0.1) is 0 Å².